The summed E-state index contributed by atoms with van der Waals surface area (Å²) < 4.78 is 11.6. The fraction of sp³-hybridized carbons (Fsp3) is 0.190. The summed E-state index contributed by atoms with van der Waals surface area (Å²) in [4.78, 5) is 11.8. The standard InChI is InChI=1S/C21H18O3/c1-4-14-11-17(22)24-16-10-12(2)18-19(15-8-6-5-7-9-15)13(3)23-21(18)20(14)16/h5-11H,4H2,1-3H3. The predicted molar refractivity (Wildman–Crippen MR) is 96.5 cm³/mol. The SMILES string of the molecule is CCc1cc(=O)oc2cc(C)c3c(-c4ccccc4)c(C)oc3c12. The minimum absolute atomic E-state index is 0.315. The van der Waals surface area contributed by atoms with Gasteiger partial charge < -0.3 is 8.83 Å². The number of rotatable bonds is 2. The molecule has 0 aliphatic rings. The lowest BCUT2D eigenvalue weighted by molar-refractivity contribution is 0.555. The summed E-state index contributed by atoms with van der Waals surface area (Å²) in [5.74, 6) is 0.875. The van der Waals surface area contributed by atoms with Gasteiger partial charge in [0.2, 0.25) is 0 Å². The van der Waals surface area contributed by atoms with Crippen LogP contribution in [0.15, 0.2) is 56.1 Å². The van der Waals surface area contributed by atoms with Crippen molar-refractivity contribution in [2.24, 2.45) is 0 Å². The highest BCUT2D eigenvalue weighted by molar-refractivity contribution is 6.11. The summed E-state index contributed by atoms with van der Waals surface area (Å²) in [5, 5.41) is 2.00. The van der Waals surface area contributed by atoms with Crippen LogP contribution in [0, 0.1) is 13.8 Å². The smallest absolute Gasteiger partial charge is 0.336 e. The topological polar surface area (TPSA) is 43.4 Å². The second-order valence-corrected chi connectivity index (χ2v) is 6.11. The molecule has 2 aromatic heterocycles. The van der Waals surface area contributed by atoms with Crippen molar-refractivity contribution >= 4 is 21.9 Å². The normalized spacial score (nSPS) is 11.5. The van der Waals surface area contributed by atoms with Gasteiger partial charge in [0.25, 0.3) is 0 Å². The largest absolute Gasteiger partial charge is 0.460 e. The van der Waals surface area contributed by atoms with E-state index in [9.17, 15) is 4.79 Å². The quantitative estimate of drug-likeness (QED) is 0.466. The molecule has 24 heavy (non-hydrogen) atoms. The molecular weight excluding hydrogens is 300 g/mol. The van der Waals surface area contributed by atoms with E-state index in [1.165, 1.54) is 0 Å². The Morgan fingerprint density at radius 2 is 1.71 bits per heavy atom. The van der Waals surface area contributed by atoms with Gasteiger partial charge >= 0.3 is 5.63 Å². The summed E-state index contributed by atoms with van der Waals surface area (Å²) in [7, 11) is 0. The molecular formula is C21H18O3. The predicted octanol–water partition coefficient (Wildman–Crippen LogP) is 5.39. The van der Waals surface area contributed by atoms with Crippen molar-refractivity contribution in [3.63, 3.8) is 0 Å². The van der Waals surface area contributed by atoms with Gasteiger partial charge in [0, 0.05) is 17.0 Å². The van der Waals surface area contributed by atoms with Crippen LogP contribution in [-0.2, 0) is 6.42 Å². The Balaban J connectivity index is 2.22. The van der Waals surface area contributed by atoms with E-state index in [1.54, 1.807) is 6.07 Å². The van der Waals surface area contributed by atoms with E-state index in [1.807, 2.05) is 45.0 Å². The van der Waals surface area contributed by atoms with E-state index in [0.29, 0.717) is 5.58 Å². The summed E-state index contributed by atoms with van der Waals surface area (Å²) in [6, 6.07) is 13.8. The van der Waals surface area contributed by atoms with Crippen molar-refractivity contribution < 1.29 is 8.83 Å². The number of aryl methyl sites for hydroxylation is 3. The number of furan rings is 1. The molecule has 0 saturated carbocycles. The third-order valence-corrected chi connectivity index (χ3v) is 4.57. The van der Waals surface area contributed by atoms with Gasteiger partial charge in [-0.3, -0.25) is 0 Å². The molecule has 4 aromatic rings. The van der Waals surface area contributed by atoms with Gasteiger partial charge in [0.1, 0.15) is 16.9 Å². The molecule has 3 nitrogen and oxygen atoms in total. The minimum Gasteiger partial charge on any atom is -0.460 e. The van der Waals surface area contributed by atoms with Crippen molar-refractivity contribution in [1.82, 2.24) is 0 Å². The number of hydrogen-bond acceptors (Lipinski definition) is 3. The van der Waals surface area contributed by atoms with Gasteiger partial charge in [-0.25, -0.2) is 4.79 Å². The van der Waals surface area contributed by atoms with Crippen molar-refractivity contribution in [2.45, 2.75) is 27.2 Å². The Kier molecular flexibility index (Phi) is 3.31. The first-order valence-corrected chi connectivity index (χ1v) is 8.15. The van der Waals surface area contributed by atoms with Gasteiger partial charge in [-0.05, 0) is 43.0 Å². The average Bonchev–Trinajstić information content (AvgIpc) is 2.92. The molecule has 120 valence electrons. The Morgan fingerprint density at radius 1 is 0.958 bits per heavy atom. The maximum absolute atomic E-state index is 11.8. The maximum Gasteiger partial charge on any atom is 0.336 e. The Hall–Kier alpha value is -2.81. The molecule has 2 aromatic carbocycles. The first kappa shape index (κ1) is 14.8. The second-order valence-electron chi connectivity index (χ2n) is 6.11. The second kappa shape index (κ2) is 5.38. The Bertz CT molecular complexity index is 1110. The van der Waals surface area contributed by atoms with Gasteiger partial charge in [0.15, 0.2) is 0 Å². The molecule has 4 rings (SSSR count). The van der Waals surface area contributed by atoms with Crippen LogP contribution in [0.3, 0.4) is 0 Å². The third kappa shape index (κ3) is 2.08. The van der Waals surface area contributed by atoms with Crippen molar-refractivity contribution in [2.75, 3.05) is 0 Å². The highest BCUT2D eigenvalue weighted by Gasteiger charge is 2.20. The average molecular weight is 318 g/mol. The van der Waals surface area contributed by atoms with Crippen LogP contribution in [-0.4, -0.2) is 0 Å². The van der Waals surface area contributed by atoms with Crippen LogP contribution in [0.2, 0.25) is 0 Å². The molecule has 0 amide bonds. The van der Waals surface area contributed by atoms with Crippen LogP contribution < -0.4 is 5.63 Å². The van der Waals surface area contributed by atoms with E-state index in [0.717, 1.165) is 50.8 Å². The van der Waals surface area contributed by atoms with Gasteiger partial charge in [-0.15, -0.1) is 0 Å². The van der Waals surface area contributed by atoms with E-state index in [2.05, 4.69) is 12.1 Å². The van der Waals surface area contributed by atoms with E-state index in [-0.39, 0.29) is 5.63 Å². The molecule has 0 saturated heterocycles. The fourth-order valence-corrected chi connectivity index (χ4v) is 3.52. The number of hydrogen-bond donors (Lipinski definition) is 0. The van der Waals surface area contributed by atoms with Gasteiger partial charge in [-0.1, -0.05) is 37.3 Å². The minimum atomic E-state index is -0.315. The van der Waals surface area contributed by atoms with E-state index >= 15 is 0 Å². The molecule has 0 atom stereocenters. The van der Waals surface area contributed by atoms with Crippen molar-refractivity contribution in [1.29, 1.82) is 0 Å². The summed E-state index contributed by atoms with van der Waals surface area (Å²) >= 11 is 0. The fourth-order valence-electron chi connectivity index (χ4n) is 3.52. The molecule has 0 radical (unpaired) electrons. The summed E-state index contributed by atoms with van der Waals surface area (Å²) in [6.45, 7) is 6.05. The summed E-state index contributed by atoms with van der Waals surface area (Å²) in [6.07, 6.45) is 0.751. The third-order valence-electron chi connectivity index (χ3n) is 4.57. The van der Waals surface area contributed by atoms with Crippen molar-refractivity contribution in [3.05, 3.63) is 69.8 Å². The summed E-state index contributed by atoms with van der Waals surface area (Å²) in [5.41, 5.74) is 5.33. The molecule has 2 heterocycles. The molecule has 0 aliphatic heterocycles. The van der Waals surface area contributed by atoms with Gasteiger partial charge in [-0.2, -0.15) is 0 Å². The number of benzene rings is 2. The first-order valence-electron chi connectivity index (χ1n) is 8.15. The zero-order chi connectivity index (χ0) is 16.8. The lowest BCUT2D eigenvalue weighted by atomic mass is 9.96. The Labute approximate surface area is 139 Å². The molecule has 0 aliphatic carbocycles. The Morgan fingerprint density at radius 3 is 2.42 bits per heavy atom. The van der Waals surface area contributed by atoms with Crippen molar-refractivity contribution in [3.8, 4) is 11.1 Å². The highest BCUT2D eigenvalue weighted by atomic mass is 16.4. The zero-order valence-electron chi connectivity index (χ0n) is 14.0. The van der Waals surface area contributed by atoms with Crippen LogP contribution in [0.5, 0.6) is 0 Å². The molecule has 0 N–H and O–H groups in total. The molecule has 0 unspecified atom stereocenters. The number of fused-ring (bicyclic) bond motifs is 3. The maximum atomic E-state index is 11.8. The van der Waals surface area contributed by atoms with Crippen LogP contribution in [0.1, 0.15) is 23.8 Å². The monoisotopic (exact) mass is 318 g/mol. The molecule has 0 bridgehead atoms. The first-order chi connectivity index (χ1) is 11.6. The highest BCUT2D eigenvalue weighted by Crippen LogP contribution is 2.40. The molecule has 3 heteroatoms. The zero-order valence-corrected chi connectivity index (χ0v) is 14.0. The van der Waals surface area contributed by atoms with E-state index < -0.39 is 0 Å². The van der Waals surface area contributed by atoms with Crippen LogP contribution >= 0.6 is 0 Å². The van der Waals surface area contributed by atoms with Gasteiger partial charge in [0.05, 0.1) is 5.39 Å². The lowest BCUT2D eigenvalue weighted by Gasteiger charge is -2.07. The lowest BCUT2D eigenvalue weighted by Crippen LogP contribution is -2.00. The van der Waals surface area contributed by atoms with Crippen LogP contribution in [0.25, 0.3) is 33.1 Å². The van der Waals surface area contributed by atoms with Crippen LogP contribution in [0.4, 0.5) is 0 Å². The molecule has 0 spiro atoms. The van der Waals surface area contributed by atoms with E-state index in [4.69, 9.17) is 8.83 Å². The molecule has 0 fully saturated rings.